The van der Waals surface area contributed by atoms with E-state index in [4.69, 9.17) is 9.72 Å². The van der Waals surface area contributed by atoms with E-state index in [-0.39, 0.29) is 5.91 Å². The summed E-state index contributed by atoms with van der Waals surface area (Å²) in [4.78, 5) is 21.8. The van der Waals surface area contributed by atoms with Crippen molar-refractivity contribution in [2.45, 2.75) is 25.3 Å². The zero-order valence-electron chi connectivity index (χ0n) is 15.9. The van der Waals surface area contributed by atoms with Crippen LogP contribution in [0.5, 0.6) is 0 Å². The van der Waals surface area contributed by atoms with Crippen molar-refractivity contribution in [1.82, 2.24) is 24.6 Å². The van der Waals surface area contributed by atoms with Gasteiger partial charge in [0.1, 0.15) is 5.69 Å². The van der Waals surface area contributed by atoms with Gasteiger partial charge in [0.2, 0.25) is 0 Å². The third kappa shape index (κ3) is 4.36. The van der Waals surface area contributed by atoms with Crippen molar-refractivity contribution in [3.8, 4) is 0 Å². The monoisotopic (exact) mass is 369 g/mol. The van der Waals surface area contributed by atoms with E-state index in [1.54, 1.807) is 0 Å². The SMILES string of the molecule is Cn1cc(CN2CCCC(c3cccc(C(=O)N4CCOCC4)n3)C2)cn1. The highest BCUT2D eigenvalue weighted by atomic mass is 16.5. The summed E-state index contributed by atoms with van der Waals surface area (Å²) in [6.07, 6.45) is 6.27. The molecule has 27 heavy (non-hydrogen) atoms. The molecule has 4 rings (SSSR count). The van der Waals surface area contributed by atoms with Crippen LogP contribution in [0.25, 0.3) is 0 Å². The predicted octanol–water partition coefficient (Wildman–Crippen LogP) is 1.67. The molecule has 0 aromatic carbocycles. The van der Waals surface area contributed by atoms with E-state index in [0.717, 1.165) is 38.2 Å². The summed E-state index contributed by atoms with van der Waals surface area (Å²) in [7, 11) is 1.95. The van der Waals surface area contributed by atoms with Crippen molar-refractivity contribution >= 4 is 5.91 Å². The number of hydrogen-bond donors (Lipinski definition) is 0. The minimum atomic E-state index is 0.0168. The van der Waals surface area contributed by atoms with Crippen LogP contribution in [0, 0.1) is 0 Å². The number of carbonyl (C=O) groups excluding carboxylic acids is 1. The van der Waals surface area contributed by atoms with Crippen LogP contribution >= 0.6 is 0 Å². The lowest BCUT2D eigenvalue weighted by Gasteiger charge is -2.32. The van der Waals surface area contributed by atoms with Crippen molar-refractivity contribution in [2.75, 3.05) is 39.4 Å². The summed E-state index contributed by atoms with van der Waals surface area (Å²) in [6.45, 7) is 5.49. The Hall–Kier alpha value is -2.25. The van der Waals surface area contributed by atoms with E-state index < -0.39 is 0 Å². The maximum atomic E-state index is 12.7. The van der Waals surface area contributed by atoms with Gasteiger partial charge in [-0.1, -0.05) is 6.07 Å². The maximum Gasteiger partial charge on any atom is 0.272 e. The Labute approximate surface area is 159 Å². The van der Waals surface area contributed by atoms with Crippen molar-refractivity contribution in [3.05, 3.63) is 47.5 Å². The van der Waals surface area contributed by atoms with Gasteiger partial charge >= 0.3 is 0 Å². The number of piperidine rings is 1. The Bertz CT molecular complexity index is 784. The van der Waals surface area contributed by atoms with Gasteiger partial charge in [-0.25, -0.2) is 4.98 Å². The number of aryl methyl sites for hydroxylation is 1. The number of morpholine rings is 1. The van der Waals surface area contributed by atoms with Gasteiger partial charge in [-0.2, -0.15) is 5.10 Å². The number of pyridine rings is 1. The fourth-order valence-corrected chi connectivity index (χ4v) is 3.98. The Morgan fingerprint density at radius 3 is 2.89 bits per heavy atom. The third-order valence-electron chi connectivity index (χ3n) is 5.38. The van der Waals surface area contributed by atoms with Crippen LogP contribution in [-0.2, 0) is 18.3 Å². The van der Waals surface area contributed by atoms with Gasteiger partial charge < -0.3 is 9.64 Å². The summed E-state index contributed by atoms with van der Waals surface area (Å²) in [5.74, 6) is 0.385. The molecule has 0 saturated carbocycles. The lowest BCUT2D eigenvalue weighted by atomic mass is 9.94. The van der Waals surface area contributed by atoms with Gasteiger partial charge in [-0.05, 0) is 31.5 Å². The molecule has 1 atom stereocenters. The average molecular weight is 369 g/mol. The Kier molecular flexibility index (Phi) is 5.50. The summed E-state index contributed by atoms with van der Waals surface area (Å²) in [5, 5.41) is 4.26. The number of nitrogens with zero attached hydrogens (tertiary/aromatic N) is 5. The second kappa shape index (κ2) is 8.19. The maximum absolute atomic E-state index is 12.7. The molecule has 1 amide bonds. The largest absolute Gasteiger partial charge is 0.378 e. The number of hydrogen-bond acceptors (Lipinski definition) is 5. The number of rotatable bonds is 4. The van der Waals surface area contributed by atoms with Gasteiger partial charge in [-0.3, -0.25) is 14.4 Å². The number of ether oxygens (including phenoxy) is 1. The molecule has 0 bridgehead atoms. The first-order valence-corrected chi connectivity index (χ1v) is 9.73. The third-order valence-corrected chi connectivity index (χ3v) is 5.38. The predicted molar refractivity (Wildman–Crippen MR) is 101 cm³/mol. The smallest absolute Gasteiger partial charge is 0.272 e. The lowest BCUT2D eigenvalue weighted by molar-refractivity contribution is 0.0298. The average Bonchev–Trinajstić information content (AvgIpc) is 3.13. The summed E-state index contributed by atoms with van der Waals surface area (Å²) >= 11 is 0. The molecule has 7 heteroatoms. The highest BCUT2D eigenvalue weighted by Crippen LogP contribution is 2.27. The van der Waals surface area contributed by atoms with E-state index in [1.807, 2.05) is 35.0 Å². The van der Waals surface area contributed by atoms with Crippen LogP contribution < -0.4 is 0 Å². The molecule has 2 aromatic rings. The zero-order valence-corrected chi connectivity index (χ0v) is 15.9. The molecule has 2 saturated heterocycles. The van der Waals surface area contributed by atoms with Crippen molar-refractivity contribution < 1.29 is 9.53 Å². The summed E-state index contributed by atoms with van der Waals surface area (Å²) in [6, 6.07) is 5.86. The van der Waals surface area contributed by atoms with Crippen molar-refractivity contribution in [1.29, 1.82) is 0 Å². The molecule has 4 heterocycles. The molecule has 2 aliphatic heterocycles. The van der Waals surface area contributed by atoms with Gasteiger partial charge in [0.25, 0.3) is 5.91 Å². The van der Waals surface area contributed by atoms with Gasteiger partial charge in [-0.15, -0.1) is 0 Å². The molecule has 2 aromatic heterocycles. The molecular formula is C20H27N5O2. The minimum Gasteiger partial charge on any atom is -0.378 e. The quantitative estimate of drug-likeness (QED) is 0.820. The van der Waals surface area contributed by atoms with Gasteiger partial charge in [0.15, 0.2) is 0 Å². The highest BCUT2D eigenvalue weighted by Gasteiger charge is 2.25. The fourth-order valence-electron chi connectivity index (χ4n) is 3.98. The van der Waals surface area contributed by atoms with Crippen LogP contribution in [0.4, 0.5) is 0 Å². The van der Waals surface area contributed by atoms with E-state index in [2.05, 4.69) is 22.3 Å². The van der Waals surface area contributed by atoms with Gasteiger partial charge in [0.05, 0.1) is 19.4 Å². The molecule has 2 fully saturated rings. The molecule has 0 spiro atoms. The summed E-state index contributed by atoms with van der Waals surface area (Å²) in [5.41, 5.74) is 2.83. The van der Waals surface area contributed by atoms with Gasteiger partial charge in [0, 0.05) is 56.6 Å². The van der Waals surface area contributed by atoms with E-state index in [0.29, 0.717) is 37.9 Å². The number of aromatic nitrogens is 3. The zero-order chi connectivity index (χ0) is 18.6. The van der Waals surface area contributed by atoms with Crippen LogP contribution in [0.3, 0.4) is 0 Å². The molecule has 0 N–H and O–H groups in total. The summed E-state index contributed by atoms with van der Waals surface area (Å²) < 4.78 is 7.19. The first-order valence-electron chi connectivity index (χ1n) is 9.73. The van der Waals surface area contributed by atoms with Crippen LogP contribution in [0.2, 0.25) is 0 Å². The van der Waals surface area contributed by atoms with E-state index in [1.165, 1.54) is 5.56 Å². The fraction of sp³-hybridized carbons (Fsp3) is 0.550. The van der Waals surface area contributed by atoms with E-state index in [9.17, 15) is 4.79 Å². The first kappa shape index (κ1) is 18.1. The Morgan fingerprint density at radius 1 is 1.26 bits per heavy atom. The number of carbonyl (C=O) groups is 1. The normalized spacial score (nSPS) is 21.4. The number of likely N-dealkylation sites (tertiary alicyclic amines) is 1. The molecular weight excluding hydrogens is 342 g/mol. The Balaban J connectivity index is 1.43. The highest BCUT2D eigenvalue weighted by molar-refractivity contribution is 5.92. The van der Waals surface area contributed by atoms with E-state index >= 15 is 0 Å². The molecule has 7 nitrogen and oxygen atoms in total. The number of amides is 1. The first-order chi connectivity index (χ1) is 13.2. The van der Waals surface area contributed by atoms with Crippen molar-refractivity contribution in [2.24, 2.45) is 7.05 Å². The van der Waals surface area contributed by atoms with Crippen LogP contribution in [-0.4, -0.2) is 69.9 Å². The Morgan fingerprint density at radius 2 is 2.11 bits per heavy atom. The molecule has 0 radical (unpaired) electrons. The second-order valence-corrected chi connectivity index (χ2v) is 7.45. The molecule has 2 aliphatic rings. The van der Waals surface area contributed by atoms with Crippen LogP contribution in [0.1, 0.15) is 40.5 Å². The standard InChI is InChI=1S/C20H27N5O2/c1-23-13-16(12-21-23)14-24-7-3-4-17(15-24)18-5-2-6-19(22-18)20(26)25-8-10-27-11-9-25/h2,5-6,12-13,17H,3-4,7-11,14-15H2,1H3. The molecule has 144 valence electrons. The second-order valence-electron chi connectivity index (χ2n) is 7.45. The van der Waals surface area contributed by atoms with Crippen molar-refractivity contribution in [3.63, 3.8) is 0 Å². The molecule has 1 unspecified atom stereocenters. The minimum absolute atomic E-state index is 0.0168. The molecule has 0 aliphatic carbocycles. The topological polar surface area (TPSA) is 63.5 Å². The van der Waals surface area contributed by atoms with Crippen LogP contribution in [0.15, 0.2) is 30.6 Å². The lowest BCUT2D eigenvalue weighted by Crippen LogP contribution is -2.41.